The van der Waals surface area contributed by atoms with Crippen molar-refractivity contribution in [3.63, 3.8) is 0 Å². The Balaban J connectivity index is 2.26. The topological polar surface area (TPSA) is 52.6 Å². The lowest BCUT2D eigenvalue weighted by atomic mass is 9.80. The van der Waals surface area contributed by atoms with Gasteiger partial charge in [0.1, 0.15) is 0 Å². The molecule has 0 amide bonds. The van der Waals surface area contributed by atoms with Gasteiger partial charge in [0.25, 0.3) is 0 Å². The third-order valence-corrected chi connectivity index (χ3v) is 9.28. The number of halogens is 3. The standard InChI is InChI=1S/C30H33F3O4S/c1-5-36-29(30(31,32)33)28(21-20-26(2,3)4,38(34,35)24-16-10-7-11-17-24)25(22-23-14-8-6-9-15-23)27(37-29)18-12-13-19-27/h6-11,14-17,22H,5,12-13,18-19H2,1-4H3/b25-22-/t28-,29+/m0/s1. The second-order valence-electron chi connectivity index (χ2n) is 10.8. The van der Waals surface area contributed by atoms with Gasteiger partial charge < -0.3 is 9.47 Å². The molecule has 1 spiro atoms. The third-order valence-electron chi connectivity index (χ3n) is 6.99. The van der Waals surface area contributed by atoms with Gasteiger partial charge in [0.2, 0.25) is 14.6 Å². The summed E-state index contributed by atoms with van der Waals surface area (Å²) in [7, 11) is -4.88. The Kier molecular flexibility index (Phi) is 7.37. The lowest BCUT2D eigenvalue weighted by Crippen LogP contribution is -2.65. The van der Waals surface area contributed by atoms with Gasteiger partial charge in [-0.1, -0.05) is 79.3 Å². The van der Waals surface area contributed by atoms with E-state index in [-0.39, 0.29) is 23.3 Å². The Morgan fingerprint density at radius 2 is 1.53 bits per heavy atom. The molecule has 2 atom stereocenters. The normalized spacial score (nSPS) is 26.4. The van der Waals surface area contributed by atoms with Gasteiger partial charge in [-0.3, -0.25) is 0 Å². The van der Waals surface area contributed by atoms with Gasteiger partial charge in [0.05, 0.1) is 10.5 Å². The fourth-order valence-electron chi connectivity index (χ4n) is 5.43. The van der Waals surface area contributed by atoms with Crippen LogP contribution in [0.25, 0.3) is 6.08 Å². The molecular formula is C30H33F3O4S. The van der Waals surface area contributed by atoms with Crippen molar-refractivity contribution in [2.45, 2.75) is 80.6 Å². The van der Waals surface area contributed by atoms with Crippen LogP contribution in [0.1, 0.15) is 58.9 Å². The molecule has 0 aromatic heterocycles. The fraction of sp³-hybridized carbons (Fsp3) is 0.467. The molecule has 0 bridgehead atoms. The van der Waals surface area contributed by atoms with Crippen LogP contribution < -0.4 is 0 Å². The van der Waals surface area contributed by atoms with E-state index in [1.165, 1.54) is 37.3 Å². The zero-order valence-electron chi connectivity index (χ0n) is 22.1. The molecule has 4 rings (SSSR count). The second-order valence-corrected chi connectivity index (χ2v) is 12.9. The first kappa shape index (κ1) is 28.4. The smallest absolute Gasteiger partial charge is 0.341 e. The number of ether oxygens (including phenoxy) is 2. The zero-order valence-corrected chi connectivity index (χ0v) is 22.9. The Hall–Kier alpha value is -2.60. The summed E-state index contributed by atoms with van der Waals surface area (Å²) in [5.74, 6) is 2.01. The van der Waals surface area contributed by atoms with Crippen LogP contribution >= 0.6 is 0 Å². The molecule has 0 N–H and O–H groups in total. The van der Waals surface area contributed by atoms with Crippen molar-refractivity contribution in [1.82, 2.24) is 0 Å². The Labute approximate surface area is 223 Å². The van der Waals surface area contributed by atoms with Crippen LogP contribution in [0.15, 0.2) is 71.1 Å². The molecule has 38 heavy (non-hydrogen) atoms. The minimum absolute atomic E-state index is 0.0277. The van der Waals surface area contributed by atoms with E-state index in [1.54, 1.807) is 57.2 Å². The first-order valence-electron chi connectivity index (χ1n) is 12.8. The average Bonchev–Trinajstić information content (AvgIpc) is 3.41. The van der Waals surface area contributed by atoms with Crippen LogP contribution in [0.5, 0.6) is 0 Å². The van der Waals surface area contributed by atoms with Gasteiger partial charge in [-0.25, -0.2) is 8.42 Å². The van der Waals surface area contributed by atoms with Crippen LogP contribution in [0.4, 0.5) is 13.2 Å². The number of benzene rings is 2. The molecule has 1 saturated heterocycles. The molecule has 2 fully saturated rings. The van der Waals surface area contributed by atoms with Crippen molar-refractivity contribution in [3.8, 4) is 11.8 Å². The molecule has 8 heteroatoms. The van der Waals surface area contributed by atoms with Crippen molar-refractivity contribution < 1.29 is 31.1 Å². The maximum Gasteiger partial charge on any atom is 0.446 e. The second kappa shape index (κ2) is 9.86. The predicted molar refractivity (Wildman–Crippen MR) is 141 cm³/mol. The van der Waals surface area contributed by atoms with Gasteiger partial charge in [0, 0.05) is 17.6 Å². The van der Waals surface area contributed by atoms with Crippen molar-refractivity contribution in [2.24, 2.45) is 5.41 Å². The number of hydrogen-bond donors (Lipinski definition) is 0. The van der Waals surface area contributed by atoms with Crippen molar-refractivity contribution >= 4 is 15.9 Å². The molecule has 1 aliphatic heterocycles. The predicted octanol–water partition coefficient (Wildman–Crippen LogP) is 6.97. The Morgan fingerprint density at radius 3 is 2.03 bits per heavy atom. The highest BCUT2D eigenvalue weighted by atomic mass is 32.2. The SMILES string of the molecule is CCO[C@@]1(C(F)(F)F)OC2(CCCC2)/C(=C/c2ccccc2)[C@]1(C#CC(C)(C)C)S(=O)(=O)c1ccccc1. The molecule has 2 aromatic carbocycles. The highest BCUT2D eigenvalue weighted by Gasteiger charge is 2.84. The van der Waals surface area contributed by atoms with E-state index in [0.717, 1.165) is 0 Å². The van der Waals surface area contributed by atoms with Crippen LogP contribution in [-0.2, 0) is 19.3 Å². The number of rotatable bonds is 5. The molecule has 1 heterocycles. The maximum absolute atomic E-state index is 15.5. The van der Waals surface area contributed by atoms with E-state index < -0.39 is 44.2 Å². The average molecular weight is 547 g/mol. The molecule has 0 radical (unpaired) electrons. The summed E-state index contributed by atoms with van der Waals surface area (Å²) in [6, 6.07) is 15.9. The van der Waals surface area contributed by atoms with Crippen molar-refractivity contribution in [2.75, 3.05) is 6.61 Å². The summed E-state index contributed by atoms with van der Waals surface area (Å²) in [4.78, 5) is -0.283. The molecule has 1 saturated carbocycles. The quantitative estimate of drug-likeness (QED) is 0.380. The lowest BCUT2D eigenvalue weighted by Gasteiger charge is -2.41. The number of sulfone groups is 1. The van der Waals surface area contributed by atoms with E-state index in [9.17, 15) is 8.42 Å². The van der Waals surface area contributed by atoms with Gasteiger partial charge >= 0.3 is 12.0 Å². The number of hydrogen-bond acceptors (Lipinski definition) is 4. The van der Waals surface area contributed by atoms with E-state index in [4.69, 9.17) is 9.47 Å². The minimum Gasteiger partial charge on any atom is -0.341 e. The molecule has 204 valence electrons. The van der Waals surface area contributed by atoms with Crippen LogP contribution in [-0.4, -0.2) is 37.3 Å². The van der Waals surface area contributed by atoms with Crippen molar-refractivity contribution in [3.05, 3.63) is 71.8 Å². The van der Waals surface area contributed by atoms with E-state index in [2.05, 4.69) is 11.8 Å². The molecule has 2 aromatic rings. The van der Waals surface area contributed by atoms with Gasteiger partial charge in [-0.15, -0.1) is 0 Å². The summed E-state index contributed by atoms with van der Waals surface area (Å²) >= 11 is 0. The zero-order chi connectivity index (χ0) is 27.9. The lowest BCUT2D eigenvalue weighted by molar-refractivity contribution is -0.386. The fourth-order valence-corrected chi connectivity index (χ4v) is 7.59. The Morgan fingerprint density at radius 1 is 0.974 bits per heavy atom. The summed E-state index contributed by atoms with van der Waals surface area (Å²) in [6.07, 6.45) is -2.10. The van der Waals surface area contributed by atoms with Gasteiger partial charge in [0.15, 0.2) is 0 Å². The molecule has 4 nitrogen and oxygen atoms in total. The van der Waals surface area contributed by atoms with Gasteiger partial charge in [-0.2, -0.15) is 13.2 Å². The molecule has 2 aliphatic rings. The summed E-state index contributed by atoms with van der Waals surface area (Å²) in [5, 5.41) is 0. The van der Waals surface area contributed by atoms with Crippen molar-refractivity contribution in [1.29, 1.82) is 0 Å². The summed E-state index contributed by atoms with van der Waals surface area (Å²) < 4.78 is 84.7. The van der Waals surface area contributed by atoms with Gasteiger partial charge in [-0.05, 0) is 58.2 Å². The van der Waals surface area contributed by atoms with E-state index in [1.807, 2.05) is 0 Å². The highest BCUT2D eigenvalue weighted by Crippen LogP contribution is 2.65. The molecule has 0 unspecified atom stereocenters. The Bertz CT molecular complexity index is 1340. The van der Waals surface area contributed by atoms with Crippen LogP contribution in [0, 0.1) is 17.3 Å². The molecular weight excluding hydrogens is 513 g/mol. The van der Waals surface area contributed by atoms with Crippen LogP contribution in [0.3, 0.4) is 0 Å². The summed E-state index contributed by atoms with van der Waals surface area (Å²) in [6.45, 7) is 6.13. The highest BCUT2D eigenvalue weighted by molar-refractivity contribution is 7.93. The van der Waals surface area contributed by atoms with E-state index in [0.29, 0.717) is 18.4 Å². The van der Waals surface area contributed by atoms with E-state index >= 15 is 13.2 Å². The minimum atomic E-state index is -5.24. The third kappa shape index (κ3) is 4.49. The molecule has 1 aliphatic carbocycles. The number of alkyl halides is 3. The largest absolute Gasteiger partial charge is 0.446 e. The monoisotopic (exact) mass is 546 g/mol. The first-order chi connectivity index (χ1) is 17.7. The first-order valence-corrected chi connectivity index (χ1v) is 14.3. The summed E-state index contributed by atoms with van der Waals surface area (Å²) in [5.41, 5.74) is -1.81. The maximum atomic E-state index is 15.5. The van der Waals surface area contributed by atoms with Crippen LogP contribution in [0.2, 0.25) is 0 Å².